The van der Waals surface area contributed by atoms with Gasteiger partial charge in [0.25, 0.3) is 0 Å². The molecule has 15 heavy (non-hydrogen) atoms. The normalized spacial score (nSPS) is 26.6. The first-order valence-electron chi connectivity index (χ1n) is 5.48. The molecule has 2 heteroatoms. The van der Waals surface area contributed by atoms with Crippen molar-refractivity contribution in [2.24, 2.45) is 0 Å². The third kappa shape index (κ3) is 2.43. The van der Waals surface area contributed by atoms with Gasteiger partial charge < -0.3 is 0 Å². The van der Waals surface area contributed by atoms with E-state index in [4.69, 9.17) is 0 Å². The molecule has 0 aromatic heterocycles. The van der Waals surface area contributed by atoms with Gasteiger partial charge in [-0.25, -0.2) is 0 Å². The lowest BCUT2D eigenvalue weighted by atomic mass is 9.89. The summed E-state index contributed by atoms with van der Waals surface area (Å²) in [6, 6.07) is 10.2. The molecule has 1 nitrogen and oxygen atoms in total. The Bertz CT molecular complexity index is 347. The van der Waals surface area contributed by atoms with Crippen molar-refractivity contribution in [3.63, 3.8) is 0 Å². The molecule has 1 aliphatic carbocycles. The average Bonchev–Trinajstić information content (AvgIpc) is 2.24. The van der Waals surface area contributed by atoms with E-state index in [1.807, 2.05) is 18.2 Å². The molecule has 0 radical (unpaired) electrons. The first kappa shape index (κ1) is 10.7. The summed E-state index contributed by atoms with van der Waals surface area (Å²) in [5, 5.41) is 0. The van der Waals surface area contributed by atoms with Crippen molar-refractivity contribution in [1.29, 1.82) is 0 Å². The van der Waals surface area contributed by atoms with Gasteiger partial charge in [0.15, 0.2) is 0 Å². The highest BCUT2D eigenvalue weighted by Gasteiger charge is 2.35. The highest BCUT2D eigenvalue weighted by atomic mass is 32.2. The van der Waals surface area contributed by atoms with Crippen LogP contribution >= 0.6 is 11.8 Å². The summed E-state index contributed by atoms with van der Waals surface area (Å²) in [7, 11) is 0. The van der Waals surface area contributed by atoms with Crippen LogP contribution in [0.2, 0.25) is 0 Å². The fourth-order valence-electron chi connectivity index (χ4n) is 2.01. The molecule has 1 atom stereocenters. The van der Waals surface area contributed by atoms with Crippen LogP contribution in [-0.4, -0.2) is 10.5 Å². The average molecular weight is 220 g/mol. The quantitative estimate of drug-likeness (QED) is 0.756. The maximum absolute atomic E-state index is 11.9. The Morgan fingerprint density at radius 2 is 1.93 bits per heavy atom. The maximum Gasteiger partial charge on any atom is 0.148 e. The van der Waals surface area contributed by atoms with Crippen molar-refractivity contribution in [1.82, 2.24) is 0 Å². The molecular weight excluding hydrogens is 204 g/mol. The number of benzene rings is 1. The van der Waals surface area contributed by atoms with Gasteiger partial charge in [0.2, 0.25) is 0 Å². The molecule has 0 spiro atoms. The number of ketones is 1. The van der Waals surface area contributed by atoms with E-state index in [-0.39, 0.29) is 4.75 Å². The van der Waals surface area contributed by atoms with Gasteiger partial charge in [0.05, 0.1) is 4.75 Å². The summed E-state index contributed by atoms with van der Waals surface area (Å²) in [6.45, 7) is 2.09. The van der Waals surface area contributed by atoms with Crippen LogP contribution in [0.4, 0.5) is 0 Å². The Morgan fingerprint density at radius 3 is 2.60 bits per heavy atom. The molecule has 1 aromatic carbocycles. The van der Waals surface area contributed by atoms with Gasteiger partial charge in [-0.15, -0.1) is 11.8 Å². The number of hydrogen-bond donors (Lipinski definition) is 0. The lowest BCUT2D eigenvalue weighted by Crippen LogP contribution is -2.34. The summed E-state index contributed by atoms with van der Waals surface area (Å²) >= 11 is 1.73. The van der Waals surface area contributed by atoms with Gasteiger partial charge in [-0.3, -0.25) is 4.79 Å². The Labute approximate surface area is 95.3 Å². The van der Waals surface area contributed by atoms with E-state index < -0.39 is 0 Å². The third-order valence-corrected chi connectivity index (χ3v) is 4.37. The van der Waals surface area contributed by atoms with Crippen LogP contribution in [0.25, 0.3) is 0 Å². The second-order valence-electron chi connectivity index (χ2n) is 4.28. The number of rotatable bonds is 2. The first-order chi connectivity index (χ1) is 7.21. The number of Topliss-reactive ketones (excluding diaryl/α,β-unsaturated/α-hetero) is 1. The van der Waals surface area contributed by atoms with Crippen molar-refractivity contribution < 1.29 is 4.79 Å². The summed E-state index contributed by atoms with van der Waals surface area (Å²) in [6.07, 6.45) is 4.04. The predicted octanol–water partition coefficient (Wildman–Crippen LogP) is 3.68. The highest BCUT2D eigenvalue weighted by Crippen LogP contribution is 2.41. The molecular formula is C13H16OS. The summed E-state index contributed by atoms with van der Waals surface area (Å²) in [5.74, 6) is 0.419. The van der Waals surface area contributed by atoms with Crippen LogP contribution in [0.3, 0.4) is 0 Å². The topological polar surface area (TPSA) is 17.1 Å². The van der Waals surface area contributed by atoms with Crippen LogP contribution in [-0.2, 0) is 4.79 Å². The molecule has 2 rings (SSSR count). The molecule has 0 N–H and O–H groups in total. The zero-order valence-electron chi connectivity index (χ0n) is 9.03. The van der Waals surface area contributed by atoms with Crippen LogP contribution < -0.4 is 0 Å². The van der Waals surface area contributed by atoms with Crippen molar-refractivity contribution >= 4 is 17.5 Å². The molecule has 1 aliphatic rings. The van der Waals surface area contributed by atoms with E-state index in [9.17, 15) is 4.79 Å². The van der Waals surface area contributed by atoms with E-state index in [1.165, 1.54) is 11.3 Å². The van der Waals surface area contributed by atoms with E-state index in [1.54, 1.807) is 11.8 Å². The summed E-state index contributed by atoms with van der Waals surface area (Å²) in [5.41, 5.74) is 0. The Kier molecular flexibility index (Phi) is 3.15. The zero-order chi connectivity index (χ0) is 10.7. The molecule has 80 valence electrons. The van der Waals surface area contributed by atoms with Gasteiger partial charge in [-0.05, 0) is 31.9 Å². The first-order valence-corrected chi connectivity index (χ1v) is 6.30. The Morgan fingerprint density at radius 1 is 1.20 bits per heavy atom. The third-order valence-electron chi connectivity index (χ3n) is 2.98. The number of carbonyl (C=O) groups excluding carboxylic acids is 1. The molecule has 1 saturated carbocycles. The molecule has 1 unspecified atom stereocenters. The van der Waals surface area contributed by atoms with Crippen molar-refractivity contribution in [3.05, 3.63) is 30.3 Å². The van der Waals surface area contributed by atoms with Gasteiger partial charge in [-0.1, -0.05) is 24.6 Å². The smallest absolute Gasteiger partial charge is 0.148 e. The fourth-order valence-corrected chi connectivity index (χ4v) is 3.28. The van der Waals surface area contributed by atoms with Crippen LogP contribution in [0.5, 0.6) is 0 Å². The molecule has 0 bridgehead atoms. The largest absolute Gasteiger partial charge is 0.298 e. The molecule has 0 amide bonds. The zero-order valence-corrected chi connectivity index (χ0v) is 9.85. The SMILES string of the molecule is CC1(Sc2ccccc2)CCCCC1=O. The molecule has 0 saturated heterocycles. The summed E-state index contributed by atoms with van der Waals surface area (Å²) in [4.78, 5) is 13.1. The lowest BCUT2D eigenvalue weighted by molar-refractivity contribution is -0.122. The second-order valence-corrected chi connectivity index (χ2v) is 5.85. The number of carbonyl (C=O) groups is 1. The minimum Gasteiger partial charge on any atom is -0.298 e. The van der Waals surface area contributed by atoms with Crippen molar-refractivity contribution in [2.75, 3.05) is 0 Å². The predicted molar refractivity (Wildman–Crippen MR) is 64.2 cm³/mol. The lowest BCUT2D eigenvalue weighted by Gasteiger charge is -2.31. The monoisotopic (exact) mass is 220 g/mol. The minimum atomic E-state index is -0.181. The Hall–Kier alpha value is -0.760. The Balaban J connectivity index is 2.13. The van der Waals surface area contributed by atoms with Crippen LogP contribution in [0.1, 0.15) is 32.6 Å². The highest BCUT2D eigenvalue weighted by molar-refractivity contribution is 8.01. The van der Waals surface area contributed by atoms with E-state index >= 15 is 0 Å². The van der Waals surface area contributed by atoms with Gasteiger partial charge in [0.1, 0.15) is 5.78 Å². The van der Waals surface area contributed by atoms with Crippen molar-refractivity contribution in [3.8, 4) is 0 Å². The fraction of sp³-hybridized carbons (Fsp3) is 0.462. The van der Waals surface area contributed by atoms with Crippen LogP contribution in [0.15, 0.2) is 35.2 Å². The van der Waals surface area contributed by atoms with Crippen LogP contribution in [0, 0.1) is 0 Å². The molecule has 1 fully saturated rings. The number of thioether (sulfide) groups is 1. The maximum atomic E-state index is 11.9. The van der Waals surface area contributed by atoms with Gasteiger partial charge in [-0.2, -0.15) is 0 Å². The van der Waals surface area contributed by atoms with Gasteiger partial charge in [0, 0.05) is 11.3 Å². The van der Waals surface area contributed by atoms with E-state index in [0.717, 1.165) is 19.3 Å². The number of hydrogen-bond acceptors (Lipinski definition) is 2. The van der Waals surface area contributed by atoms with Gasteiger partial charge >= 0.3 is 0 Å². The minimum absolute atomic E-state index is 0.181. The standard InChI is InChI=1S/C13H16OS/c1-13(10-6-5-9-12(13)14)15-11-7-3-2-4-8-11/h2-4,7-8H,5-6,9-10H2,1H3. The second kappa shape index (κ2) is 4.40. The molecule has 0 aliphatic heterocycles. The summed E-state index contributed by atoms with van der Waals surface area (Å²) < 4.78 is -0.181. The molecule has 0 heterocycles. The van der Waals surface area contributed by atoms with E-state index in [2.05, 4.69) is 19.1 Å². The van der Waals surface area contributed by atoms with Crippen molar-refractivity contribution in [2.45, 2.75) is 42.2 Å². The molecule has 1 aromatic rings. The van der Waals surface area contributed by atoms with E-state index in [0.29, 0.717) is 5.78 Å².